The highest BCUT2D eigenvalue weighted by molar-refractivity contribution is 5.97. The molecule has 4 nitrogen and oxygen atoms in total. The van der Waals surface area contributed by atoms with Crippen molar-refractivity contribution >= 4 is 11.0 Å². The Bertz CT molecular complexity index is 984. The van der Waals surface area contributed by atoms with Crippen LogP contribution >= 0.6 is 0 Å². The number of benzene rings is 2. The van der Waals surface area contributed by atoms with Crippen molar-refractivity contribution in [3.05, 3.63) is 65.9 Å². The molecule has 0 aliphatic rings. The van der Waals surface area contributed by atoms with E-state index < -0.39 is 23.3 Å². The third kappa shape index (κ3) is 2.71. The van der Waals surface area contributed by atoms with E-state index in [9.17, 15) is 17.6 Å². The summed E-state index contributed by atoms with van der Waals surface area (Å²) < 4.78 is 58.6. The van der Waals surface area contributed by atoms with E-state index in [0.717, 1.165) is 36.4 Å². The fourth-order valence-corrected chi connectivity index (χ4v) is 2.59. The fourth-order valence-electron chi connectivity index (χ4n) is 2.59. The molecule has 0 atom stereocenters. The van der Waals surface area contributed by atoms with Crippen LogP contribution < -0.4 is 0 Å². The van der Waals surface area contributed by atoms with Gasteiger partial charge in [-0.2, -0.15) is 0 Å². The minimum atomic E-state index is -0.780. The molecule has 124 valence electrons. The molecule has 0 saturated heterocycles. The molecule has 4 aromatic rings. The van der Waals surface area contributed by atoms with Crippen molar-refractivity contribution in [3.8, 4) is 22.4 Å². The molecule has 0 bridgehead atoms. The van der Waals surface area contributed by atoms with Crippen LogP contribution in [0.2, 0.25) is 0 Å². The second-order valence-electron chi connectivity index (χ2n) is 5.30. The summed E-state index contributed by atoms with van der Waals surface area (Å²) in [6.45, 7) is 0. The molecule has 0 radical (unpaired) electrons. The predicted molar refractivity (Wildman–Crippen MR) is 80.3 cm³/mol. The first kappa shape index (κ1) is 15.3. The normalized spacial score (nSPS) is 11.2. The Balaban J connectivity index is 1.95. The number of nitrogens with zero attached hydrogens (tertiary/aromatic N) is 3. The van der Waals surface area contributed by atoms with Crippen LogP contribution in [0.3, 0.4) is 0 Å². The van der Waals surface area contributed by atoms with Crippen LogP contribution in [0, 0.1) is 23.3 Å². The Morgan fingerprint density at radius 1 is 0.640 bits per heavy atom. The van der Waals surface area contributed by atoms with Gasteiger partial charge in [-0.1, -0.05) is 0 Å². The molecule has 0 unspecified atom stereocenters. The highest BCUT2D eigenvalue weighted by Gasteiger charge is 2.18. The van der Waals surface area contributed by atoms with Gasteiger partial charge in [-0.15, -0.1) is 0 Å². The summed E-state index contributed by atoms with van der Waals surface area (Å²) in [6.07, 6.45) is 1.29. The average molecular weight is 345 g/mol. The summed E-state index contributed by atoms with van der Waals surface area (Å²) in [6, 6.07) is 5.85. The monoisotopic (exact) mass is 345 g/mol. The standard InChI is InChI=1S/C17H7F4N3O/c18-10-1-8(2-11(19)5-10)14-7-22-15(17-16(14)23-25-24-17)9-3-12(20)6-13(21)4-9/h1-7H. The zero-order valence-corrected chi connectivity index (χ0v) is 12.3. The first-order chi connectivity index (χ1) is 12.0. The van der Waals surface area contributed by atoms with Crippen molar-refractivity contribution < 1.29 is 22.2 Å². The molecule has 2 heterocycles. The molecule has 25 heavy (non-hydrogen) atoms. The summed E-state index contributed by atoms with van der Waals surface area (Å²) in [5.74, 6) is -3.10. The van der Waals surface area contributed by atoms with Gasteiger partial charge in [0.05, 0.1) is 0 Å². The molecule has 4 rings (SSSR count). The zero-order chi connectivity index (χ0) is 17.6. The third-order valence-electron chi connectivity index (χ3n) is 3.60. The minimum absolute atomic E-state index is 0.118. The van der Waals surface area contributed by atoms with Gasteiger partial charge in [0.25, 0.3) is 0 Å². The van der Waals surface area contributed by atoms with Crippen LogP contribution in [0.4, 0.5) is 17.6 Å². The zero-order valence-electron chi connectivity index (χ0n) is 12.3. The second-order valence-corrected chi connectivity index (χ2v) is 5.30. The largest absolute Gasteiger partial charge is 0.253 e. The summed E-state index contributed by atoms with van der Waals surface area (Å²) in [4.78, 5) is 4.13. The number of halogens is 4. The summed E-state index contributed by atoms with van der Waals surface area (Å²) in [7, 11) is 0. The van der Waals surface area contributed by atoms with E-state index in [-0.39, 0.29) is 33.4 Å². The Morgan fingerprint density at radius 3 is 1.76 bits per heavy atom. The smallest absolute Gasteiger partial charge is 0.162 e. The van der Waals surface area contributed by atoms with Gasteiger partial charge in [0.2, 0.25) is 0 Å². The average Bonchev–Trinajstić information content (AvgIpc) is 3.01. The molecule has 0 aliphatic heterocycles. The summed E-state index contributed by atoms with van der Waals surface area (Å²) in [5, 5.41) is 7.43. The first-order valence-corrected chi connectivity index (χ1v) is 7.05. The van der Waals surface area contributed by atoms with Crippen molar-refractivity contribution in [2.24, 2.45) is 0 Å². The van der Waals surface area contributed by atoms with E-state index >= 15 is 0 Å². The number of rotatable bonds is 2. The number of fused-ring (bicyclic) bond motifs is 1. The highest BCUT2D eigenvalue weighted by atomic mass is 19.1. The molecular formula is C17H7F4N3O. The summed E-state index contributed by atoms with van der Waals surface area (Å²) >= 11 is 0. The fraction of sp³-hybridized carbons (Fsp3) is 0. The van der Waals surface area contributed by atoms with Crippen LogP contribution in [0.5, 0.6) is 0 Å². The quantitative estimate of drug-likeness (QED) is 0.502. The van der Waals surface area contributed by atoms with E-state index in [4.69, 9.17) is 4.63 Å². The van der Waals surface area contributed by atoms with Crippen LogP contribution in [0.25, 0.3) is 33.4 Å². The Kier molecular flexibility index (Phi) is 3.45. The van der Waals surface area contributed by atoms with Crippen molar-refractivity contribution in [1.82, 2.24) is 15.3 Å². The topological polar surface area (TPSA) is 51.8 Å². The Labute approximate surface area is 137 Å². The van der Waals surface area contributed by atoms with Crippen molar-refractivity contribution in [2.75, 3.05) is 0 Å². The second kappa shape index (κ2) is 5.66. The molecule has 0 amide bonds. The predicted octanol–water partition coefficient (Wildman–Crippen LogP) is 4.51. The third-order valence-corrected chi connectivity index (χ3v) is 3.60. The van der Waals surface area contributed by atoms with Crippen molar-refractivity contribution in [3.63, 3.8) is 0 Å². The molecule has 8 heteroatoms. The first-order valence-electron chi connectivity index (χ1n) is 7.05. The van der Waals surface area contributed by atoms with Gasteiger partial charge in [0, 0.05) is 29.5 Å². The lowest BCUT2D eigenvalue weighted by Gasteiger charge is -2.06. The molecule has 0 aliphatic carbocycles. The van der Waals surface area contributed by atoms with Gasteiger partial charge in [0.15, 0.2) is 5.52 Å². The Hall–Kier alpha value is -3.29. The summed E-state index contributed by atoms with van der Waals surface area (Å²) in [5.41, 5.74) is 1.01. The number of hydrogen-bond donors (Lipinski definition) is 0. The molecular weight excluding hydrogens is 338 g/mol. The van der Waals surface area contributed by atoms with Gasteiger partial charge in [-0.05, 0) is 40.1 Å². The van der Waals surface area contributed by atoms with Crippen LogP contribution in [-0.4, -0.2) is 15.3 Å². The van der Waals surface area contributed by atoms with Gasteiger partial charge in [0.1, 0.15) is 34.5 Å². The molecule has 2 aromatic heterocycles. The highest BCUT2D eigenvalue weighted by Crippen LogP contribution is 2.32. The lowest BCUT2D eigenvalue weighted by Crippen LogP contribution is -1.92. The van der Waals surface area contributed by atoms with Gasteiger partial charge in [-0.25, -0.2) is 22.2 Å². The van der Waals surface area contributed by atoms with E-state index in [2.05, 4.69) is 15.3 Å². The molecule has 0 saturated carbocycles. The maximum atomic E-state index is 13.5. The van der Waals surface area contributed by atoms with Crippen LogP contribution in [0.1, 0.15) is 0 Å². The van der Waals surface area contributed by atoms with Gasteiger partial charge >= 0.3 is 0 Å². The lowest BCUT2D eigenvalue weighted by molar-refractivity contribution is 0.315. The number of hydrogen-bond acceptors (Lipinski definition) is 4. The maximum Gasteiger partial charge on any atom is 0.162 e. The molecule has 0 fully saturated rings. The van der Waals surface area contributed by atoms with E-state index in [1.165, 1.54) is 6.20 Å². The molecule has 2 aromatic carbocycles. The van der Waals surface area contributed by atoms with E-state index in [0.29, 0.717) is 0 Å². The van der Waals surface area contributed by atoms with Crippen molar-refractivity contribution in [2.45, 2.75) is 0 Å². The van der Waals surface area contributed by atoms with Gasteiger partial charge < -0.3 is 0 Å². The molecule has 0 spiro atoms. The van der Waals surface area contributed by atoms with Crippen LogP contribution in [-0.2, 0) is 0 Å². The van der Waals surface area contributed by atoms with Crippen LogP contribution in [0.15, 0.2) is 47.2 Å². The van der Waals surface area contributed by atoms with Gasteiger partial charge in [-0.3, -0.25) is 4.98 Å². The SMILES string of the molecule is Fc1cc(F)cc(-c2cnc(-c3cc(F)cc(F)c3)c3nonc23)c1. The van der Waals surface area contributed by atoms with Crippen molar-refractivity contribution in [1.29, 1.82) is 0 Å². The number of aromatic nitrogens is 3. The lowest BCUT2D eigenvalue weighted by atomic mass is 10.0. The maximum absolute atomic E-state index is 13.5. The van der Waals surface area contributed by atoms with E-state index in [1.54, 1.807) is 0 Å². The molecule has 0 N–H and O–H groups in total. The number of pyridine rings is 1. The minimum Gasteiger partial charge on any atom is -0.253 e. The Morgan fingerprint density at radius 2 is 1.16 bits per heavy atom. The van der Waals surface area contributed by atoms with E-state index in [1.807, 2.05) is 0 Å².